The van der Waals surface area contributed by atoms with Crippen molar-refractivity contribution in [3.05, 3.63) is 93.8 Å². The van der Waals surface area contributed by atoms with Crippen LogP contribution in [0.3, 0.4) is 0 Å². The summed E-state index contributed by atoms with van der Waals surface area (Å²) in [4.78, 5) is 28.0. The van der Waals surface area contributed by atoms with Gasteiger partial charge >= 0.3 is 0 Å². The van der Waals surface area contributed by atoms with Gasteiger partial charge in [-0.1, -0.05) is 36.4 Å². The maximum atomic E-state index is 12.9. The van der Waals surface area contributed by atoms with Gasteiger partial charge in [0.15, 0.2) is 11.5 Å². The van der Waals surface area contributed by atoms with E-state index < -0.39 is 23.5 Å². The molecule has 0 unspecified atom stereocenters. The van der Waals surface area contributed by atoms with Gasteiger partial charge in [0.2, 0.25) is 5.78 Å². The maximum Gasteiger partial charge on any atom is 0.290 e. The van der Waals surface area contributed by atoms with Gasteiger partial charge in [0, 0.05) is 11.4 Å². The molecular weight excluding hydrogens is 350 g/mol. The Balaban J connectivity index is 1.77. The number of aliphatic hydroxyl groups is 1. The summed E-state index contributed by atoms with van der Waals surface area (Å²) in [7, 11) is 0. The quantitative estimate of drug-likeness (QED) is 0.691. The molecule has 0 aliphatic carbocycles. The first kappa shape index (κ1) is 16.4. The highest BCUT2D eigenvalue weighted by molar-refractivity contribution is 7.10. The maximum absolute atomic E-state index is 12.9. The molecule has 1 aromatic carbocycles. The van der Waals surface area contributed by atoms with Crippen LogP contribution in [0.4, 0.5) is 0 Å². The molecule has 0 saturated carbocycles. The molecule has 0 saturated heterocycles. The standard InChI is InChI=1S/C20H15NO4S/c22-18(14-8-4-10-25-14)16-17(15-9-5-11-26-15)21(20(24)19(16)23)12-13-6-2-1-3-7-13/h1-11,17,23H,12H2/t17-/m0/s1. The Bertz CT molecular complexity index is 959. The molecule has 3 heterocycles. The van der Waals surface area contributed by atoms with Crippen LogP contribution in [-0.4, -0.2) is 21.7 Å². The van der Waals surface area contributed by atoms with Gasteiger partial charge in [-0.2, -0.15) is 0 Å². The lowest BCUT2D eigenvalue weighted by Crippen LogP contribution is -2.30. The summed E-state index contributed by atoms with van der Waals surface area (Å²) >= 11 is 1.43. The molecule has 3 aromatic rings. The fraction of sp³-hybridized carbons (Fsp3) is 0.100. The number of rotatable bonds is 5. The van der Waals surface area contributed by atoms with E-state index in [4.69, 9.17) is 4.42 Å². The van der Waals surface area contributed by atoms with Gasteiger partial charge in [-0.3, -0.25) is 9.59 Å². The number of thiophene rings is 1. The third kappa shape index (κ3) is 2.74. The molecule has 1 aliphatic rings. The van der Waals surface area contributed by atoms with Crippen molar-refractivity contribution < 1.29 is 19.1 Å². The lowest BCUT2D eigenvalue weighted by molar-refractivity contribution is -0.130. The van der Waals surface area contributed by atoms with Crippen molar-refractivity contribution >= 4 is 23.0 Å². The first-order valence-corrected chi connectivity index (χ1v) is 8.94. The lowest BCUT2D eigenvalue weighted by atomic mass is 10.00. The minimum atomic E-state index is -0.639. The summed E-state index contributed by atoms with van der Waals surface area (Å²) in [6.07, 6.45) is 1.39. The van der Waals surface area contributed by atoms with Crippen molar-refractivity contribution in [3.63, 3.8) is 0 Å². The molecule has 1 N–H and O–H groups in total. The summed E-state index contributed by atoms with van der Waals surface area (Å²) in [6.45, 7) is 0.293. The number of ketones is 1. The second-order valence-corrected chi connectivity index (χ2v) is 6.88. The van der Waals surface area contributed by atoms with Crippen LogP contribution in [0.1, 0.15) is 27.0 Å². The smallest absolute Gasteiger partial charge is 0.290 e. The van der Waals surface area contributed by atoms with Gasteiger partial charge in [0.25, 0.3) is 5.91 Å². The molecule has 130 valence electrons. The average molecular weight is 365 g/mol. The summed E-state index contributed by atoms with van der Waals surface area (Å²) in [6, 6.07) is 15.7. The largest absolute Gasteiger partial charge is 0.503 e. The van der Waals surface area contributed by atoms with E-state index in [0.29, 0.717) is 6.54 Å². The fourth-order valence-electron chi connectivity index (χ4n) is 3.11. The van der Waals surface area contributed by atoms with Gasteiger partial charge in [0.05, 0.1) is 11.8 Å². The Labute approximate surface area is 153 Å². The Morgan fingerprint density at radius 2 is 1.92 bits per heavy atom. The van der Waals surface area contributed by atoms with Crippen LogP contribution in [0.5, 0.6) is 0 Å². The number of Topliss-reactive ketones (excluding diaryl/α,β-unsaturated/α-hetero) is 1. The zero-order chi connectivity index (χ0) is 18.1. The monoisotopic (exact) mass is 365 g/mol. The Morgan fingerprint density at radius 1 is 1.12 bits per heavy atom. The van der Waals surface area contributed by atoms with Crippen molar-refractivity contribution in [1.29, 1.82) is 0 Å². The number of aliphatic hydroxyl groups excluding tert-OH is 1. The van der Waals surface area contributed by atoms with E-state index in [1.807, 2.05) is 47.8 Å². The van der Waals surface area contributed by atoms with E-state index in [0.717, 1.165) is 10.4 Å². The van der Waals surface area contributed by atoms with E-state index >= 15 is 0 Å². The van der Waals surface area contributed by atoms with E-state index in [9.17, 15) is 14.7 Å². The molecule has 4 rings (SSSR count). The number of hydrogen-bond acceptors (Lipinski definition) is 5. The van der Waals surface area contributed by atoms with E-state index in [1.54, 1.807) is 6.07 Å². The minimum absolute atomic E-state index is 0.0586. The van der Waals surface area contributed by atoms with Gasteiger partial charge in [-0.15, -0.1) is 11.3 Å². The average Bonchev–Trinajstić information content (AvgIpc) is 3.40. The topological polar surface area (TPSA) is 70.8 Å². The Morgan fingerprint density at radius 3 is 2.58 bits per heavy atom. The van der Waals surface area contributed by atoms with Crippen LogP contribution in [0.2, 0.25) is 0 Å². The molecule has 0 radical (unpaired) electrons. The van der Waals surface area contributed by atoms with Crippen LogP contribution in [0.25, 0.3) is 0 Å². The zero-order valence-corrected chi connectivity index (χ0v) is 14.5. The van der Waals surface area contributed by atoms with Crippen LogP contribution in [0, 0.1) is 0 Å². The van der Waals surface area contributed by atoms with Crippen molar-refractivity contribution in [2.24, 2.45) is 0 Å². The molecule has 26 heavy (non-hydrogen) atoms. The number of carbonyl (C=O) groups is 2. The zero-order valence-electron chi connectivity index (χ0n) is 13.7. The van der Waals surface area contributed by atoms with Gasteiger partial charge < -0.3 is 14.4 Å². The predicted octanol–water partition coefficient (Wildman–Crippen LogP) is 4.12. The minimum Gasteiger partial charge on any atom is -0.503 e. The number of amides is 1. The fourth-order valence-corrected chi connectivity index (χ4v) is 3.96. The van der Waals surface area contributed by atoms with Crippen LogP contribution >= 0.6 is 11.3 Å². The lowest BCUT2D eigenvalue weighted by Gasteiger charge is -2.25. The van der Waals surface area contributed by atoms with Crippen LogP contribution < -0.4 is 0 Å². The van der Waals surface area contributed by atoms with Gasteiger partial charge in [0.1, 0.15) is 6.04 Å². The predicted molar refractivity (Wildman–Crippen MR) is 96.7 cm³/mol. The second-order valence-electron chi connectivity index (χ2n) is 5.91. The van der Waals surface area contributed by atoms with Crippen LogP contribution in [0.15, 0.2) is 82.0 Å². The number of hydrogen-bond donors (Lipinski definition) is 1. The normalized spacial score (nSPS) is 17.2. The molecule has 6 heteroatoms. The Kier molecular flexibility index (Phi) is 4.18. The van der Waals surface area contributed by atoms with Crippen molar-refractivity contribution in [1.82, 2.24) is 4.90 Å². The Hall–Kier alpha value is -3.12. The molecular formula is C20H15NO4S. The highest BCUT2D eigenvalue weighted by Crippen LogP contribution is 2.41. The van der Waals surface area contributed by atoms with Crippen LogP contribution in [-0.2, 0) is 11.3 Å². The number of nitrogens with zero attached hydrogens (tertiary/aromatic N) is 1. The molecule has 0 spiro atoms. The van der Waals surface area contributed by atoms with Gasteiger partial charge in [-0.25, -0.2) is 0 Å². The third-order valence-electron chi connectivity index (χ3n) is 4.30. The van der Waals surface area contributed by atoms with Crippen molar-refractivity contribution in [3.8, 4) is 0 Å². The number of carbonyl (C=O) groups excluding carboxylic acids is 2. The third-order valence-corrected chi connectivity index (χ3v) is 5.23. The summed E-state index contributed by atoms with van der Waals surface area (Å²) < 4.78 is 5.19. The first-order valence-electron chi connectivity index (χ1n) is 8.06. The molecule has 0 bridgehead atoms. The molecule has 5 nitrogen and oxygen atoms in total. The molecule has 1 atom stereocenters. The second kappa shape index (κ2) is 6.65. The molecule has 0 fully saturated rings. The first-order chi connectivity index (χ1) is 12.7. The summed E-state index contributed by atoms with van der Waals surface area (Å²) in [5.41, 5.74) is 0.977. The SMILES string of the molecule is O=C(C1=C(O)C(=O)N(Cc2ccccc2)[C@H]1c1cccs1)c1ccco1. The summed E-state index contributed by atoms with van der Waals surface area (Å²) in [5, 5.41) is 12.4. The van der Waals surface area contributed by atoms with Crippen molar-refractivity contribution in [2.45, 2.75) is 12.6 Å². The number of furan rings is 1. The van der Waals surface area contributed by atoms with Crippen molar-refractivity contribution in [2.75, 3.05) is 0 Å². The summed E-state index contributed by atoms with van der Waals surface area (Å²) in [5.74, 6) is -1.44. The van der Waals surface area contributed by atoms with E-state index in [-0.39, 0.29) is 11.3 Å². The number of benzene rings is 1. The van der Waals surface area contributed by atoms with E-state index in [2.05, 4.69) is 0 Å². The highest BCUT2D eigenvalue weighted by atomic mass is 32.1. The molecule has 1 aliphatic heterocycles. The molecule has 1 amide bonds. The van der Waals surface area contributed by atoms with Gasteiger partial charge in [-0.05, 0) is 29.1 Å². The highest BCUT2D eigenvalue weighted by Gasteiger charge is 2.44. The van der Waals surface area contributed by atoms with E-state index in [1.165, 1.54) is 28.6 Å². The molecule has 2 aromatic heterocycles.